The number of nitrogens with zero attached hydrogens (tertiary/aromatic N) is 2. The average molecular weight is 245 g/mol. The molecule has 1 aromatic heterocycles. The molecule has 94 valence electrons. The Kier molecular flexibility index (Phi) is 3.24. The Morgan fingerprint density at radius 3 is 2.47 bits per heavy atom. The van der Waals surface area contributed by atoms with Gasteiger partial charge in [-0.05, 0) is 24.5 Å². The van der Waals surface area contributed by atoms with Gasteiger partial charge in [-0.3, -0.25) is 0 Å². The summed E-state index contributed by atoms with van der Waals surface area (Å²) in [6.45, 7) is -0.595. The Bertz CT molecular complexity index is 371. The number of alkyl halides is 3. The fourth-order valence-corrected chi connectivity index (χ4v) is 1.68. The fraction of sp³-hybridized carbons (Fsp3) is 0.545. The summed E-state index contributed by atoms with van der Waals surface area (Å²) in [5.41, 5.74) is 6.23. The van der Waals surface area contributed by atoms with Crippen molar-refractivity contribution in [2.75, 3.05) is 11.4 Å². The summed E-state index contributed by atoms with van der Waals surface area (Å²) in [4.78, 5) is 5.36. The first kappa shape index (κ1) is 12.2. The minimum Gasteiger partial charge on any atom is -0.345 e. The molecule has 0 bridgehead atoms. The highest BCUT2D eigenvalue weighted by molar-refractivity contribution is 5.42. The second-order valence-corrected chi connectivity index (χ2v) is 4.20. The van der Waals surface area contributed by atoms with Crippen LogP contribution in [0.25, 0.3) is 0 Å². The molecule has 0 amide bonds. The number of hydrogen-bond acceptors (Lipinski definition) is 3. The zero-order valence-electron chi connectivity index (χ0n) is 9.24. The Morgan fingerprint density at radius 2 is 2.06 bits per heavy atom. The number of halogens is 3. The van der Waals surface area contributed by atoms with Gasteiger partial charge < -0.3 is 10.6 Å². The summed E-state index contributed by atoms with van der Waals surface area (Å²) in [7, 11) is 0. The van der Waals surface area contributed by atoms with Crippen LogP contribution in [0, 0.1) is 0 Å². The molecule has 1 aromatic rings. The molecule has 1 aliphatic rings. The Morgan fingerprint density at radius 1 is 1.35 bits per heavy atom. The monoisotopic (exact) mass is 245 g/mol. The maximum Gasteiger partial charge on any atom is 0.405 e. The molecule has 0 radical (unpaired) electrons. The molecule has 17 heavy (non-hydrogen) atoms. The molecule has 0 atom stereocenters. The summed E-state index contributed by atoms with van der Waals surface area (Å²) < 4.78 is 37.3. The molecule has 2 rings (SSSR count). The molecule has 3 nitrogen and oxygen atoms in total. The molecule has 2 N–H and O–H groups in total. The molecule has 1 saturated carbocycles. The van der Waals surface area contributed by atoms with Gasteiger partial charge in [0.15, 0.2) is 0 Å². The van der Waals surface area contributed by atoms with Crippen LogP contribution >= 0.6 is 0 Å². The largest absolute Gasteiger partial charge is 0.405 e. The van der Waals surface area contributed by atoms with Crippen LogP contribution in [0.2, 0.25) is 0 Å². The van der Waals surface area contributed by atoms with Crippen LogP contribution in [-0.2, 0) is 6.54 Å². The lowest BCUT2D eigenvalue weighted by Gasteiger charge is -2.24. The van der Waals surface area contributed by atoms with Gasteiger partial charge in [-0.2, -0.15) is 13.2 Å². The number of hydrogen-bond donors (Lipinski definition) is 1. The quantitative estimate of drug-likeness (QED) is 0.883. The zero-order chi connectivity index (χ0) is 12.5. The normalized spacial score (nSPS) is 16.0. The first-order valence-electron chi connectivity index (χ1n) is 5.48. The number of aromatic nitrogens is 1. The molecule has 1 fully saturated rings. The van der Waals surface area contributed by atoms with Crippen molar-refractivity contribution in [3.05, 3.63) is 23.9 Å². The molecular weight excluding hydrogens is 231 g/mol. The summed E-state index contributed by atoms with van der Waals surface area (Å²) in [5.74, 6) is 0.377. The van der Waals surface area contributed by atoms with Gasteiger partial charge in [-0.25, -0.2) is 4.98 Å². The minimum atomic E-state index is -4.20. The van der Waals surface area contributed by atoms with Crippen molar-refractivity contribution in [3.8, 4) is 0 Å². The van der Waals surface area contributed by atoms with Gasteiger partial charge in [0.05, 0.1) is 0 Å². The van der Waals surface area contributed by atoms with Crippen LogP contribution in [-0.4, -0.2) is 23.7 Å². The van der Waals surface area contributed by atoms with Gasteiger partial charge in [0.25, 0.3) is 0 Å². The third-order valence-electron chi connectivity index (χ3n) is 2.68. The summed E-state index contributed by atoms with van der Waals surface area (Å²) in [5, 5.41) is 0. The number of nitrogens with two attached hydrogens (primary N) is 1. The summed E-state index contributed by atoms with van der Waals surface area (Å²) in [6, 6.07) is 3.30. The molecule has 0 unspecified atom stereocenters. The average Bonchev–Trinajstić information content (AvgIpc) is 3.09. The molecule has 6 heteroatoms. The molecule has 1 aliphatic carbocycles. The molecular formula is C11H14F3N3. The van der Waals surface area contributed by atoms with Crippen molar-refractivity contribution < 1.29 is 13.2 Å². The van der Waals surface area contributed by atoms with E-state index >= 15 is 0 Å². The summed E-state index contributed by atoms with van der Waals surface area (Å²) >= 11 is 0. The van der Waals surface area contributed by atoms with Crippen LogP contribution in [0.1, 0.15) is 18.4 Å². The van der Waals surface area contributed by atoms with E-state index in [0.717, 1.165) is 18.4 Å². The number of rotatable bonds is 4. The van der Waals surface area contributed by atoms with Gasteiger partial charge >= 0.3 is 6.18 Å². The van der Waals surface area contributed by atoms with Gasteiger partial charge in [0, 0.05) is 18.8 Å². The molecule has 0 spiro atoms. The molecule has 0 saturated heterocycles. The van der Waals surface area contributed by atoms with Crippen molar-refractivity contribution >= 4 is 5.82 Å². The van der Waals surface area contributed by atoms with Crippen LogP contribution in [0.15, 0.2) is 18.3 Å². The van der Waals surface area contributed by atoms with E-state index in [2.05, 4.69) is 4.98 Å². The second kappa shape index (κ2) is 4.52. The first-order chi connectivity index (χ1) is 7.99. The van der Waals surface area contributed by atoms with E-state index in [1.54, 1.807) is 12.1 Å². The third-order valence-corrected chi connectivity index (χ3v) is 2.68. The van der Waals surface area contributed by atoms with Crippen LogP contribution < -0.4 is 10.6 Å². The highest BCUT2D eigenvalue weighted by atomic mass is 19.4. The standard InChI is InChI=1S/C11H14F3N3/c12-11(13,14)7-17(9-2-3-9)10-4-1-8(5-15)6-16-10/h1,4,6,9H,2-3,5,7,15H2. The Hall–Kier alpha value is -1.30. The van der Waals surface area contributed by atoms with E-state index in [-0.39, 0.29) is 6.04 Å². The van der Waals surface area contributed by atoms with Crippen molar-refractivity contribution in [1.82, 2.24) is 4.98 Å². The molecule has 0 aliphatic heterocycles. The topological polar surface area (TPSA) is 42.1 Å². The van der Waals surface area contributed by atoms with E-state index in [9.17, 15) is 13.2 Å². The highest BCUT2D eigenvalue weighted by Gasteiger charge is 2.38. The van der Waals surface area contributed by atoms with E-state index in [4.69, 9.17) is 5.73 Å². The lowest BCUT2D eigenvalue weighted by Crippen LogP contribution is -2.36. The predicted octanol–water partition coefficient (Wildman–Crippen LogP) is 2.07. The van der Waals surface area contributed by atoms with E-state index < -0.39 is 12.7 Å². The van der Waals surface area contributed by atoms with E-state index in [1.807, 2.05) is 0 Å². The Balaban J connectivity index is 2.14. The van der Waals surface area contributed by atoms with Gasteiger partial charge in [0.1, 0.15) is 12.4 Å². The van der Waals surface area contributed by atoms with E-state index in [0.29, 0.717) is 12.4 Å². The van der Waals surface area contributed by atoms with Crippen LogP contribution in [0.3, 0.4) is 0 Å². The van der Waals surface area contributed by atoms with Crippen molar-refractivity contribution in [2.45, 2.75) is 31.6 Å². The lowest BCUT2D eigenvalue weighted by molar-refractivity contribution is -0.120. The maximum atomic E-state index is 12.4. The fourth-order valence-electron chi connectivity index (χ4n) is 1.68. The van der Waals surface area contributed by atoms with Crippen molar-refractivity contribution in [3.63, 3.8) is 0 Å². The summed E-state index contributed by atoms with van der Waals surface area (Å²) in [6.07, 6.45) is -1.06. The predicted molar refractivity (Wildman–Crippen MR) is 58.6 cm³/mol. The second-order valence-electron chi connectivity index (χ2n) is 4.20. The highest BCUT2D eigenvalue weighted by Crippen LogP contribution is 2.33. The van der Waals surface area contributed by atoms with Gasteiger partial charge in [-0.1, -0.05) is 6.07 Å². The molecule has 0 aromatic carbocycles. The number of pyridine rings is 1. The van der Waals surface area contributed by atoms with Crippen LogP contribution in [0.5, 0.6) is 0 Å². The maximum absolute atomic E-state index is 12.4. The molecule has 1 heterocycles. The first-order valence-corrected chi connectivity index (χ1v) is 5.48. The van der Waals surface area contributed by atoms with Crippen LogP contribution in [0.4, 0.5) is 19.0 Å². The third kappa shape index (κ3) is 3.33. The van der Waals surface area contributed by atoms with Gasteiger partial charge in [0.2, 0.25) is 0 Å². The smallest absolute Gasteiger partial charge is 0.345 e. The van der Waals surface area contributed by atoms with Crippen molar-refractivity contribution in [1.29, 1.82) is 0 Å². The van der Waals surface area contributed by atoms with Gasteiger partial charge in [-0.15, -0.1) is 0 Å². The lowest BCUT2D eigenvalue weighted by atomic mass is 10.3. The number of anilines is 1. The Labute approximate surface area is 97.4 Å². The van der Waals surface area contributed by atoms with Crippen molar-refractivity contribution in [2.24, 2.45) is 5.73 Å². The van der Waals surface area contributed by atoms with E-state index in [1.165, 1.54) is 11.1 Å². The SMILES string of the molecule is NCc1ccc(N(CC(F)(F)F)C2CC2)nc1. The zero-order valence-corrected chi connectivity index (χ0v) is 9.24. The minimum absolute atomic E-state index is 0.0205.